The number of fused-ring (bicyclic) bond motifs is 1. The van der Waals surface area contributed by atoms with Crippen molar-refractivity contribution in [3.8, 4) is 0 Å². The van der Waals surface area contributed by atoms with E-state index >= 15 is 0 Å². The molecular weight excluding hydrogens is 304 g/mol. The predicted molar refractivity (Wildman–Crippen MR) is 92.1 cm³/mol. The number of hydrogen-bond acceptors (Lipinski definition) is 4. The summed E-state index contributed by atoms with van der Waals surface area (Å²) in [5, 5.41) is 7.25. The highest BCUT2D eigenvalue weighted by atomic mass is 16.2. The Morgan fingerprint density at radius 3 is 2.71 bits per heavy atom. The Hall–Kier alpha value is -2.15. The summed E-state index contributed by atoms with van der Waals surface area (Å²) in [7, 11) is 1.89. The Balaban J connectivity index is 1.37. The van der Waals surface area contributed by atoms with E-state index < -0.39 is 0 Å². The highest BCUT2D eigenvalue weighted by Gasteiger charge is 2.33. The molecule has 2 amide bonds. The number of pyridine rings is 1. The van der Waals surface area contributed by atoms with Crippen LogP contribution in [-0.2, 0) is 0 Å². The van der Waals surface area contributed by atoms with Crippen LogP contribution in [0.5, 0.6) is 0 Å². The lowest BCUT2D eigenvalue weighted by Gasteiger charge is -2.36. The fraction of sp³-hybridized carbons (Fsp3) is 0.588. The zero-order valence-corrected chi connectivity index (χ0v) is 14.3. The Labute approximate surface area is 141 Å². The van der Waals surface area contributed by atoms with E-state index in [9.17, 15) is 4.79 Å². The molecule has 0 radical (unpaired) electrons. The third-order valence-corrected chi connectivity index (χ3v) is 5.12. The number of carbonyl (C=O) groups is 1. The number of likely N-dealkylation sites (tertiary alicyclic amines) is 1. The first kappa shape index (κ1) is 15.4. The minimum Gasteiger partial charge on any atom is -0.325 e. The molecule has 7 nitrogen and oxygen atoms in total. The van der Waals surface area contributed by atoms with Crippen LogP contribution in [-0.4, -0.2) is 62.6 Å². The maximum Gasteiger partial charge on any atom is 0.321 e. The number of anilines is 1. The minimum atomic E-state index is -0.0592. The van der Waals surface area contributed by atoms with E-state index in [0.717, 1.165) is 49.1 Å². The van der Waals surface area contributed by atoms with Crippen molar-refractivity contribution in [2.75, 3.05) is 25.5 Å². The zero-order valence-electron chi connectivity index (χ0n) is 14.3. The van der Waals surface area contributed by atoms with Crippen LogP contribution in [0.2, 0.25) is 0 Å². The molecule has 0 aromatic carbocycles. The number of amides is 2. The summed E-state index contributed by atoms with van der Waals surface area (Å²) < 4.78 is 1.69. The average molecular weight is 328 g/mol. The standard InChI is InChI=1S/C17H24N6O/c1-12-18-16-6-3-13(11-23(16)20-12)19-17(24)21(2)14-7-9-22(10-8-14)15-4-5-15/h3,6,11,14-15H,4-5,7-10H2,1-2H3,(H,19,24). The lowest BCUT2D eigenvalue weighted by Crippen LogP contribution is -2.47. The van der Waals surface area contributed by atoms with Gasteiger partial charge in [0.05, 0.1) is 11.9 Å². The van der Waals surface area contributed by atoms with Crippen molar-refractivity contribution in [2.24, 2.45) is 0 Å². The summed E-state index contributed by atoms with van der Waals surface area (Å²) in [6, 6.07) is 4.81. The molecule has 1 aliphatic heterocycles. The molecule has 1 aliphatic carbocycles. The molecule has 0 unspecified atom stereocenters. The van der Waals surface area contributed by atoms with Crippen molar-refractivity contribution in [1.29, 1.82) is 0 Å². The second-order valence-electron chi connectivity index (χ2n) is 6.92. The topological polar surface area (TPSA) is 65.8 Å². The lowest BCUT2D eigenvalue weighted by molar-refractivity contribution is 0.137. The first-order chi connectivity index (χ1) is 11.6. The minimum absolute atomic E-state index is 0.0592. The molecule has 1 saturated heterocycles. The number of hydrogen-bond donors (Lipinski definition) is 1. The number of aromatic nitrogens is 3. The molecule has 7 heteroatoms. The third kappa shape index (κ3) is 3.08. The van der Waals surface area contributed by atoms with E-state index in [1.807, 2.05) is 31.0 Å². The van der Waals surface area contributed by atoms with Gasteiger partial charge in [0, 0.05) is 32.2 Å². The second-order valence-corrected chi connectivity index (χ2v) is 6.92. The van der Waals surface area contributed by atoms with Crippen LogP contribution in [0.4, 0.5) is 10.5 Å². The fourth-order valence-corrected chi connectivity index (χ4v) is 3.52. The third-order valence-electron chi connectivity index (χ3n) is 5.12. The van der Waals surface area contributed by atoms with Gasteiger partial charge in [-0.15, -0.1) is 0 Å². The molecule has 4 rings (SSSR count). The van der Waals surface area contributed by atoms with Gasteiger partial charge in [0.15, 0.2) is 5.65 Å². The van der Waals surface area contributed by atoms with Gasteiger partial charge in [-0.2, -0.15) is 5.10 Å². The Kier molecular flexibility index (Phi) is 3.88. The summed E-state index contributed by atoms with van der Waals surface area (Å²) in [5.41, 5.74) is 1.52. The predicted octanol–water partition coefficient (Wildman–Crippen LogP) is 2.13. The molecule has 1 saturated carbocycles. The number of piperidine rings is 1. The van der Waals surface area contributed by atoms with Gasteiger partial charge >= 0.3 is 6.03 Å². The molecule has 24 heavy (non-hydrogen) atoms. The lowest BCUT2D eigenvalue weighted by atomic mass is 10.0. The number of aryl methyl sites for hydroxylation is 1. The van der Waals surface area contributed by atoms with Crippen molar-refractivity contribution >= 4 is 17.4 Å². The van der Waals surface area contributed by atoms with Gasteiger partial charge in [0.2, 0.25) is 0 Å². The van der Waals surface area contributed by atoms with E-state index in [2.05, 4.69) is 20.3 Å². The molecule has 0 bridgehead atoms. The van der Waals surface area contributed by atoms with E-state index in [0.29, 0.717) is 6.04 Å². The van der Waals surface area contributed by atoms with E-state index in [-0.39, 0.29) is 6.03 Å². The van der Waals surface area contributed by atoms with Crippen LogP contribution in [0.3, 0.4) is 0 Å². The number of rotatable bonds is 3. The summed E-state index contributed by atoms with van der Waals surface area (Å²) in [6.45, 7) is 4.07. The van der Waals surface area contributed by atoms with Gasteiger partial charge in [-0.3, -0.25) is 0 Å². The van der Waals surface area contributed by atoms with Gasteiger partial charge < -0.3 is 15.1 Å². The summed E-state index contributed by atoms with van der Waals surface area (Å²) in [5.74, 6) is 0.720. The maximum atomic E-state index is 12.5. The normalized spacial score (nSPS) is 19.6. The number of nitrogens with zero attached hydrogens (tertiary/aromatic N) is 5. The summed E-state index contributed by atoms with van der Waals surface area (Å²) >= 11 is 0. The first-order valence-corrected chi connectivity index (χ1v) is 8.71. The van der Waals surface area contributed by atoms with Crippen LogP contribution in [0, 0.1) is 6.92 Å². The van der Waals surface area contributed by atoms with Crippen molar-refractivity contribution in [2.45, 2.75) is 44.7 Å². The molecular formula is C17H24N6O. The molecule has 128 valence electrons. The van der Waals surface area contributed by atoms with Crippen molar-refractivity contribution in [3.05, 3.63) is 24.2 Å². The van der Waals surface area contributed by atoms with Gasteiger partial charge in [0.1, 0.15) is 5.82 Å². The molecule has 2 aromatic rings. The molecule has 1 N–H and O–H groups in total. The molecule has 0 spiro atoms. The highest BCUT2D eigenvalue weighted by molar-refractivity contribution is 5.89. The molecule has 3 heterocycles. The van der Waals surface area contributed by atoms with Crippen LogP contribution in [0.15, 0.2) is 18.3 Å². The van der Waals surface area contributed by atoms with Gasteiger partial charge in [-0.05, 0) is 44.7 Å². The molecule has 2 fully saturated rings. The average Bonchev–Trinajstić information content (AvgIpc) is 3.36. The largest absolute Gasteiger partial charge is 0.325 e. The smallest absolute Gasteiger partial charge is 0.321 e. The Morgan fingerprint density at radius 2 is 2.00 bits per heavy atom. The summed E-state index contributed by atoms with van der Waals surface area (Å²) in [4.78, 5) is 21.2. The maximum absolute atomic E-state index is 12.5. The van der Waals surface area contributed by atoms with Crippen molar-refractivity contribution in [1.82, 2.24) is 24.4 Å². The first-order valence-electron chi connectivity index (χ1n) is 8.71. The SMILES string of the molecule is Cc1nc2ccc(NC(=O)N(C)C3CCN(C4CC4)CC3)cn2n1. The second kappa shape index (κ2) is 6.05. The number of nitrogens with one attached hydrogen (secondary N) is 1. The monoisotopic (exact) mass is 328 g/mol. The number of carbonyl (C=O) groups excluding carboxylic acids is 1. The molecule has 2 aromatic heterocycles. The summed E-state index contributed by atoms with van der Waals surface area (Å²) in [6.07, 6.45) is 6.62. The van der Waals surface area contributed by atoms with Gasteiger partial charge in [-0.1, -0.05) is 0 Å². The van der Waals surface area contributed by atoms with Crippen molar-refractivity contribution < 1.29 is 4.79 Å². The highest BCUT2D eigenvalue weighted by Crippen LogP contribution is 2.30. The number of urea groups is 1. The zero-order chi connectivity index (χ0) is 16.7. The van der Waals surface area contributed by atoms with Crippen LogP contribution in [0.1, 0.15) is 31.5 Å². The van der Waals surface area contributed by atoms with Crippen LogP contribution in [0.25, 0.3) is 5.65 Å². The van der Waals surface area contributed by atoms with Crippen LogP contribution < -0.4 is 5.32 Å². The quantitative estimate of drug-likeness (QED) is 0.937. The van der Waals surface area contributed by atoms with E-state index in [1.165, 1.54) is 12.8 Å². The van der Waals surface area contributed by atoms with Crippen LogP contribution >= 0.6 is 0 Å². The Morgan fingerprint density at radius 1 is 1.25 bits per heavy atom. The van der Waals surface area contributed by atoms with Gasteiger partial charge in [0.25, 0.3) is 0 Å². The van der Waals surface area contributed by atoms with E-state index in [4.69, 9.17) is 0 Å². The van der Waals surface area contributed by atoms with E-state index in [1.54, 1.807) is 10.7 Å². The van der Waals surface area contributed by atoms with Crippen molar-refractivity contribution in [3.63, 3.8) is 0 Å². The fourth-order valence-electron chi connectivity index (χ4n) is 3.52. The molecule has 0 atom stereocenters. The Bertz CT molecular complexity index is 745. The molecule has 2 aliphatic rings. The van der Waals surface area contributed by atoms with Gasteiger partial charge in [-0.25, -0.2) is 14.3 Å².